The van der Waals surface area contributed by atoms with Crippen LogP contribution in [-0.4, -0.2) is 35.0 Å². The predicted octanol–water partition coefficient (Wildman–Crippen LogP) is 4.39. The highest BCUT2D eigenvalue weighted by Crippen LogP contribution is 2.49. The first-order chi connectivity index (χ1) is 13.0. The molecular weight excluding hydrogens is 344 g/mol. The van der Waals surface area contributed by atoms with Gasteiger partial charge in [0.25, 0.3) is 0 Å². The van der Waals surface area contributed by atoms with Crippen LogP contribution < -0.4 is 18.9 Å². The highest BCUT2D eigenvalue weighted by Gasteiger charge is 2.45. The van der Waals surface area contributed by atoms with E-state index in [1.165, 1.54) is 5.56 Å². The molecule has 0 N–H and O–H groups in total. The van der Waals surface area contributed by atoms with E-state index < -0.39 is 0 Å². The molecule has 1 fully saturated rings. The summed E-state index contributed by atoms with van der Waals surface area (Å²) >= 11 is 0. The van der Waals surface area contributed by atoms with Crippen molar-refractivity contribution < 1.29 is 23.7 Å². The maximum atomic E-state index is 6.26. The SMILES string of the molecule is COc1ccc([C@@H]2OC[C@@](C)(c3ccc(OC)c(OC)c3)[C@H]2C)cc1OC. The Hall–Kier alpha value is -2.40. The lowest BCUT2D eigenvalue weighted by atomic mass is 9.72. The molecule has 0 spiro atoms. The van der Waals surface area contributed by atoms with Crippen molar-refractivity contribution in [3.8, 4) is 23.0 Å². The number of rotatable bonds is 6. The van der Waals surface area contributed by atoms with Gasteiger partial charge < -0.3 is 23.7 Å². The van der Waals surface area contributed by atoms with Crippen molar-refractivity contribution >= 4 is 0 Å². The Morgan fingerprint density at radius 2 is 1.37 bits per heavy atom. The van der Waals surface area contributed by atoms with E-state index in [0.717, 1.165) is 22.8 Å². The second-order valence-electron chi connectivity index (χ2n) is 7.12. The molecule has 0 amide bonds. The second-order valence-corrected chi connectivity index (χ2v) is 7.12. The molecule has 5 nitrogen and oxygen atoms in total. The summed E-state index contributed by atoms with van der Waals surface area (Å²) < 4.78 is 27.9. The number of hydrogen-bond donors (Lipinski definition) is 0. The Labute approximate surface area is 161 Å². The zero-order valence-corrected chi connectivity index (χ0v) is 16.9. The first kappa shape index (κ1) is 19.4. The van der Waals surface area contributed by atoms with Crippen molar-refractivity contribution in [1.82, 2.24) is 0 Å². The van der Waals surface area contributed by atoms with Crippen LogP contribution in [0.1, 0.15) is 31.1 Å². The lowest BCUT2D eigenvalue weighted by molar-refractivity contribution is 0.0927. The maximum absolute atomic E-state index is 6.26. The molecule has 0 saturated carbocycles. The summed E-state index contributed by atoms with van der Waals surface area (Å²) in [5.74, 6) is 3.15. The molecule has 1 aliphatic rings. The molecule has 0 radical (unpaired) electrons. The summed E-state index contributed by atoms with van der Waals surface area (Å²) in [6.45, 7) is 5.09. The summed E-state index contributed by atoms with van der Waals surface area (Å²) in [5.41, 5.74) is 2.12. The molecule has 1 aliphatic heterocycles. The standard InChI is InChI=1S/C22H28O5/c1-14-21(15-7-9-17(23-3)19(11-15)25-5)27-13-22(14,2)16-8-10-18(24-4)20(12-16)26-6/h7-12,14,21H,13H2,1-6H3/t14-,21+,22+/m0/s1. The van der Waals surface area contributed by atoms with Gasteiger partial charge in [-0.25, -0.2) is 0 Å². The van der Waals surface area contributed by atoms with E-state index in [9.17, 15) is 0 Å². The number of hydrogen-bond acceptors (Lipinski definition) is 5. The normalized spacial score (nSPS) is 24.5. The van der Waals surface area contributed by atoms with Crippen molar-refractivity contribution in [1.29, 1.82) is 0 Å². The van der Waals surface area contributed by atoms with E-state index in [0.29, 0.717) is 12.4 Å². The minimum Gasteiger partial charge on any atom is -0.493 e. The molecule has 27 heavy (non-hydrogen) atoms. The van der Waals surface area contributed by atoms with Crippen LogP contribution >= 0.6 is 0 Å². The van der Waals surface area contributed by atoms with Gasteiger partial charge in [-0.3, -0.25) is 0 Å². The monoisotopic (exact) mass is 372 g/mol. The van der Waals surface area contributed by atoms with Gasteiger partial charge in [0, 0.05) is 5.41 Å². The largest absolute Gasteiger partial charge is 0.493 e. The molecule has 0 aliphatic carbocycles. The van der Waals surface area contributed by atoms with Gasteiger partial charge in [-0.1, -0.05) is 26.0 Å². The first-order valence-electron chi connectivity index (χ1n) is 9.04. The third kappa shape index (κ3) is 3.32. The van der Waals surface area contributed by atoms with Gasteiger partial charge in [-0.15, -0.1) is 0 Å². The molecule has 2 aromatic rings. The fourth-order valence-electron chi connectivity index (χ4n) is 3.83. The summed E-state index contributed by atoms with van der Waals surface area (Å²) in [6, 6.07) is 12.1. The molecule has 146 valence electrons. The van der Waals surface area contributed by atoms with Crippen molar-refractivity contribution in [2.24, 2.45) is 5.92 Å². The molecule has 0 unspecified atom stereocenters. The van der Waals surface area contributed by atoms with Gasteiger partial charge in [0.2, 0.25) is 0 Å². The predicted molar refractivity (Wildman–Crippen MR) is 104 cm³/mol. The fourth-order valence-corrected chi connectivity index (χ4v) is 3.83. The van der Waals surface area contributed by atoms with Gasteiger partial charge in [-0.2, -0.15) is 0 Å². The third-order valence-corrected chi connectivity index (χ3v) is 5.80. The minimum atomic E-state index is -0.141. The summed E-state index contributed by atoms with van der Waals surface area (Å²) in [6.07, 6.45) is -0.0251. The Bertz CT molecular complexity index is 803. The van der Waals surface area contributed by atoms with Crippen LogP contribution in [0.5, 0.6) is 23.0 Å². The molecule has 3 rings (SSSR count). The van der Waals surface area contributed by atoms with Gasteiger partial charge in [0.15, 0.2) is 23.0 Å². The van der Waals surface area contributed by atoms with E-state index in [1.807, 2.05) is 24.3 Å². The van der Waals surface area contributed by atoms with Crippen LogP contribution in [0.15, 0.2) is 36.4 Å². The topological polar surface area (TPSA) is 46.2 Å². The molecule has 0 aromatic heterocycles. The zero-order chi connectivity index (χ0) is 19.6. The smallest absolute Gasteiger partial charge is 0.161 e. The highest BCUT2D eigenvalue weighted by atomic mass is 16.5. The first-order valence-corrected chi connectivity index (χ1v) is 9.04. The van der Waals surface area contributed by atoms with E-state index in [4.69, 9.17) is 23.7 Å². The van der Waals surface area contributed by atoms with Crippen molar-refractivity contribution in [3.63, 3.8) is 0 Å². The fraction of sp³-hybridized carbons (Fsp3) is 0.455. The Morgan fingerprint density at radius 1 is 0.815 bits per heavy atom. The van der Waals surface area contributed by atoms with Gasteiger partial charge >= 0.3 is 0 Å². The summed E-state index contributed by atoms with van der Waals surface area (Å²) in [7, 11) is 6.59. The third-order valence-electron chi connectivity index (χ3n) is 5.80. The van der Waals surface area contributed by atoms with Crippen molar-refractivity contribution in [3.05, 3.63) is 47.5 Å². The van der Waals surface area contributed by atoms with Crippen LogP contribution in [0.25, 0.3) is 0 Å². The lowest BCUT2D eigenvalue weighted by Gasteiger charge is -2.30. The number of benzene rings is 2. The Morgan fingerprint density at radius 3 is 1.96 bits per heavy atom. The van der Waals surface area contributed by atoms with Crippen molar-refractivity contribution in [2.75, 3.05) is 35.0 Å². The minimum absolute atomic E-state index is 0.0251. The van der Waals surface area contributed by atoms with Gasteiger partial charge in [0.05, 0.1) is 41.2 Å². The molecule has 0 bridgehead atoms. The molecule has 1 saturated heterocycles. The Kier molecular flexibility index (Phi) is 5.51. The van der Waals surface area contributed by atoms with Crippen LogP contribution in [0.4, 0.5) is 0 Å². The number of methoxy groups -OCH3 is 4. The van der Waals surface area contributed by atoms with Crippen molar-refractivity contribution in [2.45, 2.75) is 25.4 Å². The van der Waals surface area contributed by atoms with E-state index in [-0.39, 0.29) is 17.4 Å². The molecule has 3 atom stereocenters. The zero-order valence-electron chi connectivity index (χ0n) is 16.9. The summed E-state index contributed by atoms with van der Waals surface area (Å²) in [4.78, 5) is 0. The average molecular weight is 372 g/mol. The van der Waals surface area contributed by atoms with Gasteiger partial charge in [0.1, 0.15) is 0 Å². The van der Waals surface area contributed by atoms with Crippen LogP contribution in [-0.2, 0) is 10.2 Å². The lowest BCUT2D eigenvalue weighted by Crippen LogP contribution is -2.29. The van der Waals surface area contributed by atoms with Gasteiger partial charge in [-0.05, 0) is 41.3 Å². The van der Waals surface area contributed by atoms with E-state index in [2.05, 4.69) is 26.0 Å². The van der Waals surface area contributed by atoms with Crippen LogP contribution in [0.3, 0.4) is 0 Å². The van der Waals surface area contributed by atoms with E-state index >= 15 is 0 Å². The van der Waals surface area contributed by atoms with E-state index in [1.54, 1.807) is 28.4 Å². The maximum Gasteiger partial charge on any atom is 0.161 e. The molecular formula is C22H28O5. The Balaban J connectivity index is 1.93. The van der Waals surface area contributed by atoms with Crippen LogP contribution in [0, 0.1) is 5.92 Å². The molecule has 5 heteroatoms. The number of ether oxygens (including phenoxy) is 5. The average Bonchev–Trinajstić information content (AvgIpc) is 3.02. The molecule has 2 aromatic carbocycles. The second kappa shape index (κ2) is 7.69. The highest BCUT2D eigenvalue weighted by molar-refractivity contribution is 5.47. The summed E-state index contributed by atoms with van der Waals surface area (Å²) in [5, 5.41) is 0. The van der Waals surface area contributed by atoms with Crippen LogP contribution in [0.2, 0.25) is 0 Å². The quantitative estimate of drug-likeness (QED) is 0.753. The molecule has 1 heterocycles.